The van der Waals surface area contributed by atoms with Gasteiger partial charge in [0.2, 0.25) is 5.88 Å². The van der Waals surface area contributed by atoms with Crippen molar-refractivity contribution in [2.45, 2.75) is 6.54 Å². The average Bonchev–Trinajstić information content (AvgIpc) is 3.22. The number of ether oxygens (including phenoxy) is 2. The number of amides is 1. The molecule has 4 rings (SSSR count). The summed E-state index contributed by atoms with van der Waals surface area (Å²) < 4.78 is 10.3. The summed E-state index contributed by atoms with van der Waals surface area (Å²) >= 11 is 1.21. The Bertz CT molecular complexity index is 1150. The molecule has 11 nitrogen and oxygen atoms in total. The highest BCUT2D eigenvalue weighted by molar-refractivity contribution is 7.22. The van der Waals surface area contributed by atoms with Crippen LogP contribution < -0.4 is 14.8 Å². The third kappa shape index (κ3) is 4.86. The van der Waals surface area contributed by atoms with Gasteiger partial charge in [-0.1, -0.05) is 17.4 Å². The highest BCUT2D eigenvalue weighted by Crippen LogP contribution is 2.29. The van der Waals surface area contributed by atoms with Crippen LogP contribution in [0.2, 0.25) is 0 Å². The largest absolute Gasteiger partial charge is 0.495 e. The topological polar surface area (TPSA) is 126 Å². The van der Waals surface area contributed by atoms with Gasteiger partial charge >= 0.3 is 6.09 Å². The van der Waals surface area contributed by atoms with Crippen molar-refractivity contribution in [3.05, 3.63) is 35.7 Å². The number of hydrogen-bond donors (Lipinski definition) is 1. The first-order chi connectivity index (χ1) is 15.6. The average molecular weight is 456 g/mol. The van der Waals surface area contributed by atoms with Gasteiger partial charge in [0.15, 0.2) is 15.5 Å². The standard InChI is InChI=1S/C20H21N7O4S/c1-29-15-4-3-13(9-14(15)10-21)11-26-5-7-27(8-6-26)31-20(28)25-19-24-16-17(30-2)22-12-23-18(16)32-19/h3-4,9,12H,5-8,11H2,1-2H3,(H,24,25,28). The number of fused-ring (bicyclic) bond motifs is 1. The van der Waals surface area contributed by atoms with Crippen LogP contribution in [0.3, 0.4) is 0 Å². The first-order valence-electron chi connectivity index (χ1n) is 9.78. The minimum Gasteiger partial charge on any atom is -0.495 e. The highest BCUT2D eigenvalue weighted by atomic mass is 32.1. The van der Waals surface area contributed by atoms with E-state index >= 15 is 0 Å². The van der Waals surface area contributed by atoms with Crippen LogP contribution in [0.15, 0.2) is 24.5 Å². The minimum atomic E-state index is -0.613. The van der Waals surface area contributed by atoms with Crippen molar-refractivity contribution in [3.63, 3.8) is 0 Å². The van der Waals surface area contributed by atoms with Crippen LogP contribution in [0.4, 0.5) is 9.93 Å². The molecular weight excluding hydrogens is 434 g/mol. The Hall–Kier alpha value is -3.53. The number of hydrogen-bond acceptors (Lipinski definition) is 11. The molecule has 0 atom stereocenters. The van der Waals surface area contributed by atoms with E-state index < -0.39 is 6.09 Å². The lowest BCUT2D eigenvalue weighted by Crippen LogP contribution is -2.46. The van der Waals surface area contributed by atoms with Crippen LogP contribution in [0, 0.1) is 11.3 Å². The second-order valence-corrected chi connectivity index (χ2v) is 7.89. The van der Waals surface area contributed by atoms with E-state index in [-0.39, 0.29) is 0 Å². The Balaban J connectivity index is 1.28. The highest BCUT2D eigenvalue weighted by Gasteiger charge is 2.21. The number of nitrogens with zero attached hydrogens (tertiary/aromatic N) is 6. The summed E-state index contributed by atoms with van der Waals surface area (Å²) in [5.41, 5.74) is 2.04. The van der Waals surface area contributed by atoms with E-state index in [1.54, 1.807) is 18.2 Å². The second-order valence-electron chi connectivity index (χ2n) is 6.91. The number of aromatic nitrogens is 3. The van der Waals surface area contributed by atoms with Crippen molar-refractivity contribution < 1.29 is 19.1 Å². The molecule has 1 saturated heterocycles. The summed E-state index contributed by atoms with van der Waals surface area (Å²) in [6.45, 7) is 3.26. The third-order valence-electron chi connectivity index (χ3n) is 4.90. The summed E-state index contributed by atoms with van der Waals surface area (Å²) in [5.74, 6) is 0.918. The Morgan fingerprint density at radius 3 is 2.75 bits per heavy atom. The predicted octanol–water partition coefficient (Wildman–Crippen LogP) is 2.26. The zero-order valence-electron chi connectivity index (χ0n) is 17.6. The molecule has 1 aliphatic heterocycles. The molecular formula is C20H21N7O4S. The summed E-state index contributed by atoms with van der Waals surface area (Å²) in [6, 6.07) is 7.75. The van der Waals surface area contributed by atoms with Gasteiger partial charge in [0, 0.05) is 32.7 Å². The van der Waals surface area contributed by atoms with Gasteiger partial charge < -0.3 is 14.3 Å². The molecule has 0 aliphatic carbocycles. The number of nitrogens with one attached hydrogen (secondary N) is 1. The van der Waals surface area contributed by atoms with Crippen molar-refractivity contribution >= 4 is 32.9 Å². The van der Waals surface area contributed by atoms with Crippen LogP contribution in [0.1, 0.15) is 11.1 Å². The SMILES string of the molecule is COc1ccc(CN2CCN(OC(=O)Nc3nc4c(OC)ncnc4s3)CC2)cc1C#N. The van der Waals surface area contributed by atoms with E-state index in [2.05, 4.69) is 31.2 Å². The van der Waals surface area contributed by atoms with Crippen LogP contribution in [0.5, 0.6) is 11.6 Å². The molecule has 0 spiro atoms. The number of carbonyl (C=O) groups excluding carboxylic acids is 1. The molecule has 3 heterocycles. The van der Waals surface area contributed by atoms with Crippen molar-refractivity contribution in [1.29, 1.82) is 5.26 Å². The van der Waals surface area contributed by atoms with Crippen molar-refractivity contribution in [2.75, 3.05) is 45.7 Å². The number of carbonyl (C=O) groups is 1. The number of methoxy groups -OCH3 is 2. The molecule has 1 fully saturated rings. The number of thiazole rings is 1. The molecule has 0 unspecified atom stereocenters. The fourth-order valence-corrected chi connectivity index (χ4v) is 4.13. The van der Waals surface area contributed by atoms with Crippen LogP contribution in [0.25, 0.3) is 10.3 Å². The van der Waals surface area contributed by atoms with Crippen molar-refractivity contribution in [3.8, 4) is 17.7 Å². The minimum absolute atomic E-state index is 0.350. The van der Waals surface area contributed by atoms with E-state index in [9.17, 15) is 10.1 Å². The first kappa shape index (κ1) is 21.7. The Labute approximate surface area is 188 Å². The van der Waals surface area contributed by atoms with Gasteiger partial charge in [-0.3, -0.25) is 10.2 Å². The number of rotatable bonds is 6. The predicted molar refractivity (Wildman–Crippen MR) is 116 cm³/mol. The van der Waals surface area contributed by atoms with Gasteiger partial charge in [0.05, 0.1) is 19.8 Å². The van der Waals surface area contributed by atoms with Gasteiger partial charge in [-0.2, -0.15) is 10.2 Å². The van der Waals surface area contributed by atoms with Crippen LogP contribution in [-0.2, 0) is 11.4 Å². The van der Waals surface area contributed by atoms with E-state index in [1.165, 1.54) is 24.8 Å². The van der Waals surface area contributed by atoms with E-state index in [0.717, 1.165) is 18.7 Å². The van der Waals surface area contributed by atoms with E-state index in [0.29, 0.717) is 52.3 Å². The normalized spacial score (nSPS) is 14.7. The molecule has 2 aromatic heterocycles. The lowest BCUT2D eigenvalue weighted by Gasteiger charge is -2.33. The summed E-state index contributed by atoms with van der Waals surface area (Å²) in [4.78, 5) is 33.0. The summed E-state index contributed by atoms with van der Waals surface area (Å²) in [5, 5.41) is 13.9. The van der Waals surface area contributed by atoms with E-state index in [4.69, 9.17) is 14.3 Å². The fraction of sp³-hybridized carbons (Fsp3) is 0.350. The quantitative estimate of drug-likeness (QED) is 0.591. The molecule has 1 aromatic carbocycles. The van der Waals surface area contributed by atoms with Gasteiger partial charge in [-0.15, -0.1) is 5.06 Å². The Kier molecular flexibility index (Phi) is 6.60. The van der Waals surface area contributed by atoms with Gasteiger partial charge in [0.1, 0.15) is 18.1 Å². The number of benzene rings is 1. The summed E-state index contributed by atoms with van der Waals surface area (Å²) in [7, 11) is 3.05. The molecule has 1 aliphatic rings. The van der Waals surface area contributed by atoms with Crippen LogP contribution >= 0.6 is 11.3 Å². The van der Waals surface area contributed by atoms with E-state index in [1.807, 2.05) is 12.1 Å². The molecule has 0 radical (unpaired) electrons. The molecule has 1 amide bonds. The molecule has 0 saturated carbocycles. The monoisotopic (exact) mass is 455 g/mol. The fourth-order valence-electron chi connectivity index (χ4n) is 3.34. The lowest BCUT2D eigenvalue weighted by molar-refractivity contribution is -0.119. The summed E-state index contributed by atoms with van der Waals surface area (Å²) in [6.07, 6.45) is 0.770. The number of piperazine rings is 1. The molecule has 3 aromatic rings. The molecule has 0 bridgehead atoms. The van der Waals surface area contributed by atoms with Gasteiger partial charge in [0.25, 0.3) is 0 Å². The number of anilines is 1. The lowest BCUT2D eigenvalue weighted by atomic mass is 10.1. The maximum absolute atomic E-state index is 12.3. The molecule has 166 valence electrons. The maximum Gasteiger partial charge on any atom is 0.432 e. The van der Waals surface area contributed by atoms with Crippen LogP contribution in [-0.4, -0.2) is 71.4 Å². The van der Waals surface area contributed by atoms with Crippen molar-refractivity contribution in [2.24, 2.45) is 0 Å². The van der Waals surface area contributed by atoms with Crippen molar-refractivity contribution in [1.82, 2.24) is 24.9 Å². The third-order valence-corrected chi connectivity index (χ3v) is 5.78. The van der Waals surface area contributed by atoms with Gasteiger partial charge in [-0.05, 0) is 17.7 Å². The maximum atomic E-state index is 12.3. The molecule has 32 heavy (non-hydrogen) atoms. The number of nitriles is 1. The zero-order chi connectivity index (χ0) is 22.5. The Morgan fingerprint density at radius 2 is 2.03 bits per heavy atom. The van der Waals surface area contributed by atoms with Gasteiger partial charge in [-0.25, -0.2) is 14.8 Å². The second kappa shape index (κ2) is 9.73. The Morgan fingerprint density at radius 1 is 1.22 bits per heavy atom. The number of hydroxylamine groups is 2. The first-order valence-corrected chi connectivity index (χ1v) is 10.6. The molecule has 12 heteroatoms. The zero-order valence-corrected chi connectivity index (χ0v) is 18.4. The smallest absolute Gasteiger partial charge is 0.432 e. The molecule has 1 N–H and O–H groups in total.